The number of anilines is 2. The van der Waals surface area contributed by atoms with Crippen molar-refractivity contribution in [3.05, 3.63) is 114 Å². The summed E-state index contributed by atoms with van der Waals surface area (Å²) >= 11 is 0. The number of hydrogen-bond acceptors (Lipinski definition) is 7. The molecule has 0 spiro atoms. The van der Waals surface area contributed by atoms with Crippen molar-refractivity contribution in [1.82, 2.24) is 4.98 Å². The summed E-state index contributed by atoms with van der Waals surface area (Å²) < 4.78 is 22.5. The maximum absolute atomic E-state index is 5.91. The van der Waals surface area contributed by atoms with Gasteiger partial charge in [-0.2, -0.15) is 0 Å². The number of benzene rings is 3. The van der Waals surface area contributed by atoms with Crippen LogP contribution in [0.3, 0.4) is 0 Å². The summed E-state index contributed by atoms with van der Waals surface area (Å²) in [7, 11) is 3.37. The Labute approximate surface area is 249 Å². The van der Waals surface area contributed by atoms with Gasteiger partial charge in [0, 0.05) is 43.8 Å². The smallest absolute Gasteiger partial charge is 0.119 e. The van der Waals surface area contributed by atoms with Crippen LogP contribution in [0.25, 0.3) is 0 Å². The second kappa shape index (κ2) is 15.2. The normalized spacial score (nSPS) is 12.9. The molecule has 7 heteroatoms. The number of hydrogen-bond donors (Lipinski definition) is 0. The molecule has 5 rings (SSSR count). The highest BCUT2D eigenvalue weighted by molar-refractivity contribution is 5.51. The highest BCUT2D eigenvalue weighted by atomic mass is 16.5. The molecule has 0 radical (unpaired) electrons. The van der Waals surface area contributed by atoms with Crippen LogP contribution in [-0.2, 0) is 35.8 Å². The van der Waals surface area contributed by atoms with Crippen molar-refractivity contribution in [3.63, 3.8) is 0 Å². The minimum atomic E-state index is 0.424. The molecule has 1 saturated heterocycles. The number of methoxy groups -OCH3 is 2. The van der Waals surface area contributed by atoms with Crippen LogP contribution in [0.2, 0.25) is 0 Å². The molecular formula is C35H41N3O4. The maximum Gasteiger partial charge on any atom is 0.119 e. The van der Waals surface area contributed by atoms with E-state index in [0.29, 0.717) is 26.4 Å². The lowest BCUT2D eigenvalue weighted by molar-refractivity contribution is 0.0328. The standard InChI is InChI=1S/C35H41N3O4/c1-39-34-9-5-7-29(21-34)25-38(24-28-11-13-32(14-12-28)37-17-3-4-18-37)33-15-16-36-31(23-33)27-42-20-19-41-26-30-8-6-10-35(22-30)40-2/h5-16,21-23H,3-4,17-20,24-27H2,1-2H3. The zero-order valence-corrected chi connectivity index (χ0v) is 24.7. The molecule has 0 aliphatic carbocycles. The summed E-state index contributed by atoms with van der Waals surface area (Å²) in [4.78, 5) is 9.42. The molecule has 42 heavy (non-hydrogen) atoms. The number of nitrogens with zero attached hydrogens (tertiary/aromatic N) is 3. The van der Waals surface area contributed by atoms with E-state index in [1.807, 2.05) is 42.6 Å². The Bertz CT molecular complexity index is 1390. The Hall–Kier alpha value is -4.07. The summed E-state index contributed by atoms with van der Waals surface area (Å²) in [5, 5.41) is 0. The average molecular weight is 568 g/mol. The van der Waals surface area contributed by atoms with Crippen molar-refractivity contribution in [2.45, 2.75) is 39.1 Å². The first kappa shape index (κ1) is 29.4. The van der Waals surface area contributed by atoms with Crippen LogP contribution in [-0.4, -0.2) is 45.5 Å². The summed E-state index contributed by atoms with van der Waals surface area (Å²) in [5.74, 6) is 1.69. The maximum atomic E-state index is 5.91. The highest BCUT2D eigenvalue weighted by Gasteiger charge is 2.14. The molecule has 3 aromatic carbocycles. The van der Waals surface area contributed by atoms with Gasteiger partial charge < -0.3 is 28.7 Å². The molecule has 2 heterocycles. The van der Waals surface area contributed by atoms with Crippen molar-refractivity contribution >= 4 is 11.4 Å². The van der Waals surface area contributed by atoms with E-state index in [4.69, 9.17) is 18.9 Å². The molecule has 1 aliphatic rings. The predicted octanol–water partition coefficient (Wildman–Crippen LogP) is 6.64. The first-order chi connectivity index (χ1) is 20.7. The molecule has 0 atom stereocenters. The lowest BCUT2D eigenvalue weighted by Crippen LogP contribution is -2.23. The molecule has 0 amide bonds. The van der Waals surface area contributed by atoms with E-state index in [0.717, 1.165) is 54.6 Å². The molecule has 7 nitrogen and oxygen atoms in total. The van der Waals surface area contributed by atoms with Gasteiger partial charge in [-0.05, 0) is 78.1 Å². The second-order valence-corrected chi connectivity index (χ2v) is 10.5. The Morgan fingerprint density at radius 3 is 2.05 bits per heavy atom. The van der Waals surface area contributed by atoms with E-state index >= 15 is 0 Å². The molecule has 4 aromatic rings. The Morgan fingerprint density at radius 2 is 1.33 bits per heavy atom. The molecular weight excluding hydrogens is 526 g/mol. The van der Waals surface area contributed by atoms with Gasteiger partial charge in [-0.1, -0.05) is 36.4 Å². The number of ether oxygens (including phenoxy) is 4. The molecule has 220 valence electrons. The fraction of sp³-hybridized carbons (Fsp3) is 0.343. The molecule has 1 fully saturated rings. The van der Waals surface area contributed by atoms with E-state index in [-0.39, 0.29) is 0 Å². The lowest BCUT2D eigenvalue weighted by atomic mass is 10.1. The van der Waals surface area contributed by atoms with Gasteiger partial charge in [0.2, 0.25) is 0 Å². The van der Waals surface area contributed by atoms with Crippen LogP contribution < -0.4 is 19.3 Å². The van der Waals surface area contributed by atoms with E-state index in [2.05, 4.69) is 63.3 Å². The summed E-state index contributed by atoms with van der Waals surface area (Å²) in [6.07, 6.45) is 4.42. The number of pyridine rings is 1. The van der Waals surface area contributed by atoms with Crippen molar-refractivity contribution < 1.29 is 18.9 Å². The van der Waals surface area contributed by atoms with Gasteiger partial charge in [-0.15, -0.1) is 0 Å². The summed E-state index contributed by atoms with van der Waals surface area (Å²) in [5.41, 5.74) is 6.83. The van der Waals surface area contributed by atoms with E-state index in [9.17, 15) is 0 Å². The fourth-order valence-electron chi connectivity index (χ4n) is 5.23. The molecule has 1 aromatic heterocycles. The quantitative estimate of drug-likeness (QED) is 0.149. The van der Waals surface area contributed by atoms with Crippen molar-refractivity contribution in [1.29, 1.82) is 0 Å². The van der Waals surface area contributed by atoms with Crippen LogP contribution in [0.1, 0.15) is 35.2 Å². The van der Waals surface area contributed by atoms with Gasteiger partial charge in [0.1, 0.15) is 11.5 Å². The van der Waals surface area contributed by atoms with Crippen LogP contribution in [0.4, 0.5) is 11.4 Å². The topological polar surface area (TPSA) is 56.3 Å². The number of rotatable bonds is 15. The zero-order valence-electron chi connectivity index (χ0n) is 24.7. The third-order valence-corrected chi connectivity index (χ3v) is 7.48. The Balaban J connectivity index is 1.20. The van der Waals surface area contributed by atoms with E-state index in [1.54, 1.807) is 14.2 Å². The van der Waals surface area contributed by atoms with Crippen LogP contribution >= 0.6 is 0 Å². The predicted molar refractivity (Wildman–Crippen MR) is 167 cm³/mol. The molecule has 0 saturated carbocycles. The second-order valence-electron chi connectivity index (χ2n) is 10.5. The Morgan fingerprint density at radius 1 is 0.690 bits per heavy atom. The van der Waals surface area contributed by atoms with Gasteiger partial charge in [0.25, 0.3) is 0 Å². The monoisotopic (exact) mass is 567 g/mol. The minimum Gasteiger partial charge on any atom is -0.497 e. The molecule has 0 N–H and O–H groups in total. The fourth-order valence-corrected chi connectivity index (χ4v) is 5.23. The average Bonchev–Trinajstić information content (AvgIpc) is 3.58. The highest BCUT2D eigenvalue weighted by Crippen LogP contribution is 2.25. The third kappa shape index (κ3) is 8.47. The van der Waals surface area contributed by atoms with Gasteiger partial charge in [0.05, 0.1) is 46.3 Å². The minimum absolute atomic E-state index is 0.424. The van der Waals surface area contributed by atoms with Crippen LogP contribution in [0, 0.1) is 0 Å². The van der Waals surface area contributed by atoms with E-state index in [1.165, 1.54) is 29.7 Å². The van der Waals surface area contributed by atoms with Crippen molar-refractivity contribution in [2.24, 2.45) is 0 Å². The summed E-state index contributed by atoms with van der Waals surface area (Å²) in [6, 6.07) is 29.4. The first-order valence-corrected chi connectivity index (χ1v) is 14.7. The lowest BCUT2D eigenvalue weighted by Gasteiger charge is -2.26. The van der Waals surface area contributed by atoms with Crippen molar-refractivity contribution in [3.8, 4) is 11.5 Å². The molecule has 1 aliphatic heterocycles. The van der Waals surface area contributed by atoms with Gasteiger partial charge in [-0.3, -0.25) is 4.98 Å². The van der Waals surface area contributed by atoms with Crippen LogP contribution in [0.5, 0.6) is 11.5 Å². The SMILES string of the molecule is COc1cccc(COCCOCc2cc(N(Cc3ccc(N4CCCC4)cc3)Cc3cccc(OC)c3)ccn2)c1. The third-order valence-electron chi connectivity index (χ3n) is 7.48. The zero-order chi connectivity index (χ0) is 29.0. The summed E-state index contributed by atoms with van der Waals surface area (Å²) in [6.45, 7) is 5.77. The van der Waals surface area contributed by atoms with Crippen molar-refractivity contribution in [2.75, 3.05) is 50.3 Å². The van der Waals surface area contributed by atoms with Gasteiger partial charge in [-0.25, -0.2) is 0 Å². The van der Waals surface area contributed by atoms with Gasteiger partial charge in [0.15, 0.2) is 0 Å². The molecule has 0 unspecified atom stereocenters. The van der Waals surface area contributed by atoms with E-state index < -0.39 is 0 Å². The largest absolute Gasteiger partial charge is 0.497 e. The van der Waals surface area contributed by atoms with Gasteiger partial charge >= 0.3 is 0 Å². The Kier molecular flexibility index (Phi) is 10.7. The first-order valence-electron chi connectivity index (χ1n) is 14.7. The molecule has 0 bridgehead atoms. The number of aromatic nitrogens is 1. The van der Waals surface area contributed by atoms with Crippen LogP contribution in [0.15, 0.2) is 91.1 Å².